The van der Waals surface area contributed by atoms with Gasteiger partial charge in [0.05, 0.1) is 22.2 Å². The van der Waals surface area contributed by atoms with E-state index in [-0.39, 0.29) is 21.6 Å². The van der Waals surface area contributed by atoms with E-state index in [4.69, 9.17) is 16.9 Å². The van der Waals surface area contributed by atoms with E-state index in [9.17, 15) is 18.3 Å². The maximum Gasteiger partial charge on any atom is 0.418 e. The van der Waals surface area contributed by atoms with Crippen LogP contribution >= 0.6 is 11.6 Å². The summed E-state index contributed by atoms with van der Waals surface area (Å²) in [6.07, 6.45) is -6.76. The molecule has 4 rings (SSSR count). The summed E-state index contributed by atoms with van der Waals surface area (Å²) >= 11 is 6.24. The molecule has 1 N–H and O–H groups in total. The molecular formula is C20H16ClF3N4O. The molecule has 0 fully saturated rings. The number of rotatable bonds is 2. The number of aliphatic hydroxyl groups excluding tert-OH is 1. The van der Waals surface area contributed by atoms with Crippen LogP contribution in [0.5, 0.6) is 0 Å². The van der Waals surface area contributed by atoms with E-state index >= 15 is 0 Å². The number of halogens is 4. The number of benzene rings is 2. The maximum atomic E-state index is 13.2. The monoisotopic (exact) mass is 420 g/mol. The molecule has 0 saturated heterocycles. The van der Waals surface area contributed by atoms with Crippen LogP contribution < -0.4 is 4.90 Å². The number of aryl methyl sites for hydroxylation is 2. The molecular weight excluding hydrogens is 405 g/mol. The summed E-state index contributed by atoms with van der Waals surface area (Å²) in [5, 5.41) is 19.2. The van der Waals surface area contributed by atoms with Crippen molar-refractivity contribution in [2.24, 2.45) is 0 Å². The van der Waals surface area contributed by atoms with Crippen molar-refractivity contribution in [2.75, 3.05) is 11.4 Å². The van der Waals surface area contributed by atoms with E-state index in [1.54, 1.807) is 22.8 Å². The van der Waals surface area contributed by atoms with Gasteiger partial charge in [-0.25, -0.2) is 4.98 Å². The van der Waals surface area contributed by atoms with Gasteiger partial charge in [-0.3, -0.25) is 0 Å². The van der Waals surface area contributed by atoms with Gasteiger partial charge in [0.1, 0.15) is 5.52 Å². The fraction of sp³-hybridized carbons (Fsp3) is 0.300. The minimum atomic E-state index is -4.80. The van der Waals surface area contributed by atoms with Gasteiger partial charge in [-0.05, 0) is 43.2 Å². The Balaban J connectivity index is 1.93. The van der Waals surface area contributed by atoms with Crippen LogP contribution in [0.2, 0.25) is 5.02 Å². The highest BCUT2D eigenvalue weighted by molar-refractivity contribution is 6.35. The number of fused-ring (bicyclic) bond motifs is 3. The van der Waals surface area contributed by atoms with Gasteiger partial charge in [0, 0.05) is 24.3 Å². The van der Waals surface area contributed by atoms with Crippen molar-refractivity contribution in [3.8, 4) is 6.07 Å². The molecule has 1 aliphatic heterocycles. The number of nitrogens with zero attached hydrogens (tertiary/aromatic N) is 4. The second-order valence-corrected chi connectivity index (χ2v) is 7.37. The lowest BCUT2D eigenvalue weighted by Crippen LogP contribution is -2.29. The molecule has 1 unspecified atom stereocenters. The molecule has 2 heterocycles. The van der Waals surface area contributed by atoms with Gasteiger partial charge in [-0.15, -0.1) is 0 Å². The van der Waals surface area contributed by atoms with Crippen LogP contribution in [-0.2, 0) is 6.54 Å². The largest absolute Gasteiger partial charge is 0.418 e. The molecule has 0 spiro atoms. The third-order valence-corrected chi connectivity index (χ3v) is 5.39. The lowest BCUT2D eigenvalue weighted by atomic mass is 10.1. The quantitative estimate of drug-likeness (QED) is 0.633. The van der Waals surface area contributed by atoms with E-state index in [0.717, 1.165) is 11.3 Å². The van der Waals surface area contributed by atoms with Gasteiger partial charge in [-0.2, -0.15) is 18.4 Å². The Kier molecular flexibility index (Phi) is 4.68. The Bertz CT molecular complexity index is 1150. The van der Waals surface area contributed by atoms with Crippen molar-refractivity contribution in [3.63, 3.8) is 0 Å². The van der Waals surface area contributed by atoms with E-state index < -0.39 is 12.3 Å². The molecule has 5 nitrogen and oxygen atoms in total. The number of aromatic nitrogens is 2. The number of nitriles is 1. The average molecular weight is 421 g/mol. The smallest absolute Gasteiger partial charge is 0.379 e. The zero-order valence-electron chi connectivity index (χ0n) is 15.3. The number of alkyl halides is 3. The lowest BCUT2D eigenvalue weighted by molar-refractivity contribution is -0.206. The SMILES string of the molecule is Cc1cc(C#N)ccc1N1CCCn2c1nc1c(Cl)ccc(C(O)C(F)(F)F)c12. The molecule has 0 saturated carbocycles. The fourth-order valence-electron chi connectivity index (χ4n) is 3.78. The Morgan fingerprint density at radius 3 is 2.66 bits per heavy atom. The molecule has 9 heteroatoms. The van der Waals surface area contributed by atoms with Crippen LogP contribution in [0.3, 0.4) is 0 Å². The molecule has 0 amide bonds. The predicted molar refractivity (Wildman–Crippen MR) is 103 cm³/mol. The van der Waals surface area contributed by atoms with E-state index in [1.165, 1.54) is 12.1 Å². The Morgan fingerprint density at radius 2 is 2.00 bits per heavy atom. The van der Waals surface area contributed by atoms with Crippen LogP contribution in [0, 0.1) is 18.3 Å². The zero-order valence-corrected chi connectivity index (χ0v) is 16.1. The molecule has 1 aromatic heterocycles. The lowest BCUT2D eigenvalue weighted by Gasteiger charge is -2.30. The zero-order chi connectivity index (χ0) is 20.9. The summed E-state index contributed by atoms with van der Waals surface area (Å²) in [7, 11) is 0. The van der Waals surface area contributed by atoms with Crippen LogP contribution in [0.25, 0.3) is 11.0 Å². The molecule has 2 aromatic carbocycles. The van der Waals surface area contributed by atoms with Gasteiger partial charge in [0.2, 0.25) is 5.95 Å². The van der Waals surface area contributed by atoms with Crippen LogP contribution in [0.15, 0.2) is 30.3 Å². The average Bonchev–Trinajstić information content (AvgIpc) is 3.08. The topological polar surface area (TPSA) is 65.1 Å². The summed E-state index contributed by atoms with van der Waals surface area (Å²) < 4.78 is 41.3. The first-order valence-corrected chi connectivity index (χ1v) is 9.32. The molecule has 1 aliphatic rings. The molecule has 0 radical (unpaired) electrons. The van der Waals surface area contributed by atoms with E-state index in [2.05, 4.69) is 11.1 Å². The van der Waals surface area contributed by atoms with Gasteiger partial charge in [0.25, 0.3) is 0 Å². The van der Waals surface area contributed by atoms with Gasteiger partial charge < -0.3 is 14.6 Å². The van der Waals surface area contributed by atoms with Crippen molar-refractivity contribution in [2.45, 2.75) is 32.2 Å². The Labute approximate surface area is 169 Å². The van der Waals surface area contributed by atoms with Crippen molar-refractivity contribution in [1.82, 2.24) is 9.55 Å². The highest BCUT2D eigenvalue weighted by atomic mass is 35.5. The first-order valence-electron chi connectivity index (χ1n) is 8.94. The molecule has 3 aromatic rings. The highest BCUT2D eigenvalue weighted by Crippen LogP contribution is 2.42. The number of aliphatic hydroxyl groups is 1. The van der Waals surface area contributed by atoms with Crippen molar-refractivity contribution < 1.29 is 18.3 Å². The summed E-state index contributed by atoms with van der Waals surface area (Å²) in [4.78, 5) is 6.44. The molecule has 150 valence electrons. The van der Waals surface area contributed by atoms with Gasteiger partial charge in [0.15, 0.2) is 6.10 Å². The van der Waals surface area contributed by atoms with Crippen molar-refractivity contribution in [1.29, 1.82) is 5.26 Å². The highest BCUT2D eigenvalue weighted by Gasteiger charge is 2.41. The van der Waals surface area contributed by atoms with E-state index in [1.807, 2.05) is 11.8 Å². The van der Waals surface area contributed by atoms with Gasteiger partial charge >= 0.3 is 6.18 Å². The predicted octanol–water partition coefficient (Wildman–Crippen LogP) is 5.01. The van der Waals surface area contributed by atoms with Crippen molar-refractivity contribution >= 4 is 34.3 Å². The molecule has 29 heavy (non-hydrogen) atoms. The minimum Gasteiger partial charge on any atom is -0.379 e. The first-order chi connectivity index (χ1) is 13.7. The number of anilines is 2. The second kappa shape index (κ2) is 6.94. The van der Waals surface area contributed by atoms with Crippen molar-refractivity contribution in [3.05, 3.63) is 52.0 Å². The van der Waals surface area contributed by atoms with E-state index in [0.29, 0.717) is 31.0 Å². The number of hydrogen-bond acceptors (Lipinski definition) is 4. The molecule has 0 bridgehead atoms. The van der Waals surface area contributed by atoms with Crippen LogP contribution in [0.1, 0.15) is 29.2 Å². The summed E-state index contributed by atoms with van der Waals surface area (Å²) in [6, 6.07) is 9.86. The normalized spacial score (nSPS) is 15.3. The third-order valence-electron chi connectivity index (χ3n) is 5.08. The summed E-state index contributed by atoms with van der Waals surface area (Å²) in [6.45, 7) is 2.93. The standard InChI is InChI=1S/C20H16ClF3N4O/c1-11-9-12(10-25)3-6-15(11)27-7-2-8-28-17-13(18(29)20(22,23)24)4-5-14(21)16(17)26-19(27)28/h3-6,9,18,29H,2,7-8H2,1H3. The third kappa shape index (κ3) is 3.20. The second-order valence-electron chi connectivity index (χ2n) is 6.96. The molecule has 1 atom stereocenters. The minimum absolute atomic E-state index is 0.188. The summed E-state index contributed by atoms with van der Waals surface area (Å²) in [5.74, 6) is 0.461. The Morgan fingerprint density at radius 1 is 1.24 bits per heavy atom. The van der Waals surface area contributed by atoms with Crippen LogP contribution in [0.4, 0.5) is 24.8 Å². The number of imidazole rings is 1. The summed E-state index contributed by atoms with van der Waals surface area (Å²) in [5.41, 5.74) is 2.33. The first kappa shape index (κ1) is 19.6. The maximum absolute atomic E-state index is 13.2. The fourth-order valence-corrected chi connectivity index (χ4v) is 3.97. The Hall–Kier alpha value is -2.76. The van der Waals surface area contributed by atoms with Gasteiger partial charge in [-0.1, -0.05) is 17.7 Å². The molecule has 0 aliphatic carbocycles. The van der Waals surface area contributed by atoms with Crippen LogP contribution in [-0.4, -0.2) is 27.4 Å². The number of hydrogen-bond donors (Lipinski definition) is 1.